The van der Waals surface area contributed by atoms with E-state index < -0.39 is 11.9 Å². The average molecular weight is 196 g/mol. The second kappa shape index (κ2) is 7.72. The zero-order valence-electron chi connectivity index (χ0n) is 7.59. The molecule has 1 aromatic heterocycles. The number of aliphatic carboxylic acids is 1. The Kier molecular flexibility index (Phi) is 6.67. The summed E-state index contributed by atoms with van der Waals surface area (Å²) in [6.45, 7) is 0. The Morgan fingerprint density at radius 3 is 1.86 bits per heavy atom. The molecule has 0 spiro atoms. The smallest absolute Gasteiger partial charge is 0.303 e. The predicted molar refractivity (Wildman–Crippen MR) is 50.3 cm³/mol. The van der Waals surface area contributed by atoms with Crippen LogP contribution in [0.1, 0.15) is 12.8 Å². The normalized spacial score (nSPS) is 8.29. The van der Waals surface area contributed by atoms with E-state index in [1.54, 1.807) is 12.4 Å². The number of hydrogen-bond donors (Lipinski definition) is 2. The molecule has 0 aliphatic rings. The minimum Gasteiger partial charge on any atom is -0.481 e. The van der Waals surface area contributed by atoms with Crippen molar-refractivity contribution in [3.8, 4) is 0 Å². The lowest BCUT2D eigenvalue weighted by molar-refractivity contribution is -0.138. The van der Waals surface area contributed by atoms with Crippen molar-refractivity contribution in [2.75, 3.05) is 0 Å². The Hall–Kier alpha value is -1.91. The van der Waals surface area contributed by atoms with Gasteiger partial charge in [-0.2, -0.15) is 0 Å². The summed E-state index contributed by atoms with van der Waals surface area (Å²) in [7, 11) is 0. The summed E-state index contributed by atoms with van der Waals surface area (Å²) in [5, 5.41) is 7.95. The number of nitrogens with zero attached hydrogens (tertiary/aromatic N) is 1. The fourth-order valence-corrected chi connectivity index (χ4v) is 0.543. The van der Waals surface area contributed by atoms with E-state index in [-0.39, 0.29) is 12.8 Å². The highest BCUT2D eigenvalue weighted by Crippen LogP contribution is 1.84. The van der Waals surface area contributed by atoms with E-state index in [1.165, 1.54) is 0 Å². The van der Waals surface area contributed by atoms with Crippen molar-refractivity contribution < 1.29 is 14.7 Å². The Morgan fingerprint density at radius 1 is 1.14 bits per heavy atom. The Bertz CT molecular complexity index is 234. The van der Waals surface area contributed by atoms with E-state index in [1.807, 2.05) is 18.2 Å². The van der Waals surface area contributed by atoms with Crippen LogP contribution in [0.2, 0.25) is 0 Å². The molecule has 0 atom stereocenters. The van der Waals surface area contributed by atoms with Gasteiger partial charge in [0.25, 0.3) is 0 Å². The van der Waals surface area contributed by atoms with Gasteiger partial charge in [-0.25, -0.2) is 0 Å². The van der Waals surface area contributed by atoms with Gasteiger partial charge in [0, 0.05) is 18.8 Å². The van der Waals surface area contributed by atoms with Crippen LogP contribution in [0.4, 0.5) is 0 Å². The van der Waals surface area contributed by atoms with Crippen molar-refractivity contribution in [1.82, 2.24) is 4.98 Å². The number of amides is 1. The van der Waals surface area contributed by atoms with Crippen molar-refractivity contribution >= 4 is 11.9 Å². The molecule has 0 saturated heterocycles. The summed E-state index contributed by atoms with van der Waals surface area (Å²) in [6, 6.07) is 5.72. The molecule has 1 amide bonds. The monoisotopic (exact) mass is 196 g/mol. The fourth-order valence-electron chi connectivity index (χ4n) is 0.543. The first-order valence-electron chi connectivity index (χ1n) is 3.98. The van der Waals surface area contributed by atoms with Crippen LogP contribution in [0.5, 0.6) is 0 Å². The van der Waals surface area contributed by atoms with Crippen LogP contribution in [-0.4, -0.2) is 22.0 Å². The van der Waals surface area contributed by atoms with Gasteiger partial charge in [-0.1, -0.05) is 6.07 Å². The molecule has 76 valence electrons. The molecule has 0 unspecified atom stereocenters. The van der Waals surface area contributed by atoms with E-state index in [0.717, 1.165) is 0 Å². The SMILES string of the molecule is NC(=O)CCC(=O)O.c1ccncc1. The van der Waals surface area contributed by atoms with E-state index >= 15 is 0 Å². The summed E-state index contributed by atoms with van der Waals surface area (Å²) in [4.78, 5) is 23.3. The first-order chi connectivity index (χ1) is 6.63. The maximum absolute atomic E-state index is 9.86. The molecule has 1 heterocycles. The molecule has 1 aromatic rings. The molecule has 5 nitrogen and oxygen atoms in total. The maximum atomic E-state index is 9.86. The van der Waals surface area contributed by atoms with Gasteiger partial charge < -0.3 is 10.8 Å². The topological polar surface area (TPSA) is 93.3 Å². The van der Waals surface area contributed by atoms with Crippen molar-refractivity contribution in [3.05, 3.63) is 30.6 Å². The third-order valence-electron chi connectivity index (χ3n) is 1.15. The molecular weight excluding hydrogens is 184 g/mol. The maximum Gasteiger partial charge on any atom is 0.303 e. The van der Waals surface area contributed by atoms with Crippen LogP contribution in [0.15, 0.2) is 30.6 Å². The van der Waals surface area contributed by atoms with Crippen molar-refractivity contribution in [2.24, 2.45) is 5.73 Å². The number of primary amides is 1. The van der Waals surface area contributed by atoms with E-state index in [2.05, 4.69) is 10.7 Å². The van der Waals surface area contributed by atoms with Gasteiger partial charge in [-0.3, -0.25) is 14.6 Å². The van der Waals surface area contributed by atoms with Crippen LogP contribution < -0.4 is 5.73 Å². The molecule has 14 heavy (non-hydrogen) atoms. The molecule has 0 fully saturated rings. The van der Waals surface area contributed by atoms with Crippen LogP contribution in [-0.2, 0) is 9.59 Å². The summed E-state index contributed by atoms with van der Waals surface area (Å²) in [5.41, 5.74) is 4.64. The van der Waals surface area contributed by atoms with E-state index in [0.29, 0.717) is 0 Å². The van der Waals surface area contributed by atoms with Crippen LogP contribution in [0, 0.1) is 0 Å². The first kappa shape index (κ1) is 12.1. The number of carbonyl (C=O) groups is 2. The fraction of sp³-hybridized carbons (Fsp3) is 0.222. The zero-order chi connectivity index (χ0) is 10.8. The molecule has 5 heteroatoms. The molecule has 0 bridgehead atoms. The molecule has 0 aliphatic carbocycles. The van der Waals surface area contributed by atoms with E-state index in [9.17, 15) is 9.59 Å². The van der Waals surface area contributed by atoms with Gasteiger partial charge in [-0.05, 0) is 12.1 Å². The third kappa shape index (κ3) is 10.1. The summed E-state index contributed by atoms with van der Waals surface area (Å²) in [6.07, 6.45) is 3.25. The van der Waals surface area contributed by atoms with Crippen molar-refractivity contribution in [1.29, 1.82) is 0 Å². The predicted octanol–water partition coefficient (Wildman–Crippen LogP) is 0.418. The zero-order valence-corrected chi connectivity index (χ0v) is 7.59. The highest BCUT2D eigenvalue weighted by molar-refractivity contribution is 5.79. The van der Waals surface area contributed by atoms with Crippen molar-refractivity contribution in [3.63, 3.8) is 0 Å². The number of hydrogen-bond acceptors (Lipinski definition) is 3. The summed E-state index contributed by atoms with van der Waals surface area (Å²) in [5.74, 6) is -1.57. The Labute approximate surface area is 81.6 Å². The second-order valence-corrected chi connectivity index (χ2v) is 2.38. The molecule has 0 aromatic carbocycles. The standard InChI is InChI=1S/C5H5N.C4H7NO3/c1-2-4-6-5-3-1;5-3(6)1-2-4(7)8/h1-5H;1-2H2,(H2,5,6)(H,7,8). The lowest BCUT2D eigenvalue weighted by Gasteiger charge is -1.86. The van der Waals surface area contributed by atoms with Gasteiger partial charge in [0.15, 0.2) is 0 Å². The van der Waals surface area contributed by atoms with Gasteiger partial charge in [0.2, 0.25) is 5.91 Å². The minimum atomic E-state index is -0.996. The molecule has 1 rings (SSSR count). The lowest BCUT2D eigenvalue weighted by atomic mass is 10.3. The van der Waals surface area contributed by atoms with Gasteiger partial charge in [0.05, 0.1) is 6.42 Å². The first-order valence-corrected chi connectivity index (χ1v) is 3.98. The van der Waals surface area contributed by atoms with E-state index in [4.69, 9.17) is 5.11 Å². The van der Waals surface area contributed by atoms with Crippen molar-refractivity contribution in [2.45, 2.75) is 12.8 Å². The number of nitrogens with two attached hydrogens (primary N) is 1. The number of carboxylic acid groups (broad SMARTS) is 1. The highest BCUT2D eigenvalue weighted by atomic mass is 16.4. The average Bonchev–Trinajstić information content (AvgIpc) is 2.18. The quantitative estimate of drug-likeness (QED) is 0.732. The Balaban J connectivity index is 0.000000249. The molecule has 3 N–H and O–H groups in total. The number of aromatic nitrogens is 1. The van der Waals surface area contributed by atoms with Crippen LogP contribution in [0.3, 0.4) is 0 Å². The number of pyridine rings is 1. The molecule has 0 radical (unpaired) electrons. The molecule has 0 aliphatic heterocycles. The third-order valence-corrected chi connectivity index (χ3v) is 1.15. The van der Waals surface area contributed by atoms with Gasteiger partial charge in [-0.15, -0.1) is 0 Å². The number of carboxylic acids is 1. The lowest BCUT2D eigenvalue weighted by Crippen LogP contribution is -2.12. The number of rotatable bonds is 3. The highest BCUT2D eigenvalue weighted by Gasteiger charge is 1.98. The van der Waals surface area contributed by atoms with Gasteiger partial charge >= 0.3 is 5.97 Å². The van der Waals surface area contributed by atoms with Gasteiger partial charge in [0.1, 0.15) is 0 Å². The summed E-state index contributed by atoms with van der Waals surface area (Å²) < 4.78 is 0. The van der Waals surface area contributed by atoms with Crippen LogP contribution in [0.25, 0.3) is 0 Å². The second-order valence-electron chi connectivity index (χ2n) is 2.38. The molecular formula is C9H12N2O3. The largest absolute Gasteiger partial charge is 0.481 e. The molecule has 0 saturated carbocycles. The van der Waals surface area contributed by atoms with Crippen LogP contribution >= 0.6 is 0 Å². The minimum absolute atomic E-state index is 0.0741. The summed E-state index contributed by atoms with van der Waals surface area (Å²) >= 11 is 0. The number of carbonyl (C=O) groups excluding carboxylic acids is 1. The Morgan fingerprint density at radius 2 is 1.71 bits per heavy atom.